The van der Waals surface area contributed by atoms with Crippen molar-refractivity contribution in [1.29, 1.82) is 0 Å². The molecule has 0 radical (unpaired) electrons. The number of aliphatic hydroxyl groups excluding tert-OH is 1. The van der Waals surface area contributed by atoms with Crippen molar-refractivity contribution in [2.75, 3.05) is 31.9 Å². The Morgan fingerprint density at radius 1 is 0.606 bits per heavy atom. The minimum Gasteiger partial charge on any atom is -0.748 e. The van der Waals surface area contributed by atoms with Crippen molar-refractivity contribution in [3.63, 3.8) is 0 Å². The van der Waals surface area contributed by atoms with Crippen molar-refractivity contribution in [2.24, 2.45) is 0 Å². The Kier molecular flexibility index (Phi) is 21.0. The Bertz CT molecular complexity index is 483. The Morgan fingerprint density at radius 3 is 1.21 bits per heavy atom. The first-order chi connectivity index (χ1) is 15.8. The molecule has 0 saturated carbocycles. The lowest BCUT2D eigenvalue weighted by Crippen LogP contribution is -2.55. The first kappa shape index (κ1) is 32.8. The van der Waals surface area contributed by atoms with Crippen LogP contribution in [0.15, 0.2) is 0 Å². The molecule has 0 fully saturated rings. The second kappa shape index (κ2) is 21.1. The van der Waals surface area contributed by atoms with Gasteiger partial charge in [-0.15, -0.1) is 0 Å². The monoisotopic (exact) mass is 491 g/mol. The number of nitrogens with zero attached hydrogens (tertiary/aromatic N) is 1. The van der Waals surface area contributed by atoms with E-state index in [1.807, 2.05) is 0 Å². The van der Waals surface area contributed by atoms with Gasteiger partial charge in [-0.3, -0.25) is 0 Å². The van der Waals surface area contributed by atoms with Crippen LogP contribution in [0.3, 0.4) is 0 Å². The maximum absolute atomic E-state index is 11.3. The van der Waals surface area contributed by atoms with E-state index in [1.54, 1.807) is 0 Å². The molecule has 0 bridgehead atoms. The fourth-order valence-corrected chi connectivity index (χ4v) is 5.60. The topological polar surface area (TPSA) is 77.4 Å². The van der Waals surface area contributed by atoms with E-state index in [0.29, 0.717) is 6.54 Å². The summed E-state index contributed by atoms with van der Waals surface area (Å²) >= 11 is 0. The fourth-order valence-electron chi connectivity index (χ4n) is 5.03. The summed E-state index contributed by atoms with van der Waals surface area (Å²) in [6.45, 7) is 10.1. The molecule has 0 aliphatic carbocycles. The molecule has 0 aromatic heterocycles. The average molecular weight is 492 g/mol. The molecular weight excluding hydrogens is 434 g/mol. The largest absolute Gasteiger partial charge is 0.748 e. The Morgan fingerprint density at radius 2 is 0.909 bits per heavy atom. The van der Waals surface area contributed by atoms with Gasteiger partial charge in [0, 0.05) is 0 Å². The van der Waals surface area contributed by atoms with E-state index in [4.69, 9.17) is 0 Å². The number of hydrogen-bond donors (Lipinski definition) is 1. The van der Waals surface area contributed by atoms with Crippen molar-refractivity contribution in [1.82, 2.24) is 0 Å². The summed E-state index contributed by atoms with van der Waals surface area (Å²) in [7, 11) is -4.41. The summed E-state index contributed by atoms with van der Waals surface area (Å²) in [4.78, 5) is 0. The number of unbranched alkanes of at least 4 members (excludes halogenated alkanes) is 15. The highest BCUT2D eigenvalue weighted by Gasteiger charge is 2.30. The highest BCUT2D eigenvalue weighted by molar-refractivity contribution is 7.85. The van der Waals surface area contributed by atoms with E-state index in [-0.39, 0.29) is 0 Å². The zero-order valence-corrected chi connectivity index (χ0v) is 23.2. The zero-order valence-electron chi connectivity index (χ0n) is 22.4. The molecule has 0 spiro atoms. The van der Waals surface area contributed by atoms with Gasteiger partial charge in [0.25, 0.3) is 0 Å². The highest BCUT2D eigenvalue weighted by Crippen LogP contribution is 2.20. The van der Waals surface area contributed by atoms with Crippen molar-refractivity contribution >= 4 is 10.1 Å². The maximum Gasteiger partial charge on any atom is 0.116 e. The summed E-state index contributed by atoms with van der Waals surface area (Å²) in [5.41, 5.74) is 0. The van der Waals surface area contributed by atoms with Gasteiger partial charge in [0.15, 0.2) is 0 Å². The molecule has 0 aromatic carbocycles. The number of aliphatic hydroxyl groups is 1. The van der Waals surface area contributed by atoms with E-state index in [2.05, 4.69) is 20.8 Å². The van der Waals surface area contributed by atoms with Gasteiger partial charge in [0.05, 0.1) is 35.5 Å². The summed E-state index contributed by atoms with van der Waals surface area (Å²) in [5.74, 6) is -0.656. The Labute approximate surface area is 207 Å². The van der Waals surface area contributed by atoms with Crippen LogP contribution in [-0.4, -0.2) is 60.6 Å². The van der Waals surface area contributed by atoms with Crippen LogP contribution in [0.2, 0.25) is 0 Å². The maximum atomic E-state index is 11.3. The van der Waals surface area contributed by atoms with Gasteiger partial charge in [-0.25, -0.2) is 8.42 Å². The predicted molar refractivity (Wildman–Crippen MR) is 140 cm³/mol. The molecule has 6 heteroatoms. The molecule has 200 valence electrons. The van der Waals surface area contributed by atoms with Gasteiger partial charge in [0.1, 0.15) is 12.6 Å². The quantitative estimate of drug-likeness (QED) is 0.0866. The zero-order chi connectivity index (χ0) is 24.8. The second-order valence-corrected chi connectivity index (χ2v) is 11.8. The SMILES string of the molecule is CCCCCCCC[N+](CCCCCCCC)(CCCCCCCC)CC(O)CS(=O)(=O)[O-]. The van der Waals surface area contributed by atoms with Gasteiger partial charge in [-0.05, 0) is 38.5 Å². The smallest absolute Gasteiger partial charge is 0.116 e. The molecule has 0 rings (SSSR count). The summed E-state index contributed by atoms with van der Waals surface area (Å²) in [6.07, 6.45) is 21.1. The van der Waals surface area contributed by atoms with Crippen molar-refractivity contribution in [3.05, 3.63) is 0 Å². The molecule has 0 aromatic rings. The van der Waals surface area contributed by atoms with E-state index in [9.17, 15) is 18.1 Å². The van der Waals surface area contributed by atoms with E-state index < -0.39 is 22.0 Å². The second-order valence-electron chi connectivity index (χ2n) is 10.4. The molecule has 0 heterocycles. The van der Waals surface area contributed by atoms with Gasteiger partial charge < -0.3 is 14.1 Å². The first-order valence-corrected chi connectivity index (χ1v) is 15.8. The van der Waals surface area contributed by atoms with E-state index >= 15 is 0 Å². The lowest BCUT2D eigenvalue weighted by atomic mass is 10.1. The highest BCUT2D eigenvalue weighted by atomic mass is 32.2. The molecule has 1 unspecified atom stereocenters. The summed E-state index contributed by atoms with van der Waals surface area (Å²) in [6, 6.07) is 0. The third kappa shape index (κ3) is 20.9. The van der Waals surface area contributed by atoms with E-state index in [0.717, 1.165) is 43.4 Å². The summed E-state index contributed by atoms with van der Waals surface area (Å²) < 4.78 is 34.6. The molecular formula is C27H57NO4S. The lowest BCUT2D eigenvalue weighted by Gasteiger charge is -2.41. The van der Waals surface area contributed by atoms with E-state index in [1.165, 1.54) is 96.3 Å². The fraction of sp³-hybridized carbons (Fsp3) is 1.00. The number of rotatable bonds is 25. The van der Waals surface area contributed by atoms with Gasteiger partial charge in [-0.2, -0.15) is 0 Å². The molecule has 1 N–H and O–H groups in total. The average Bonchev–Trinajstić information content (AvgIpc) is 2.74. The van der Waals surface area contributed by atoms with Crippen molar-refractivity contribution < 1.29 is 22.6 Å². The van der Waals surface area contributed by atoms with Gasteiger partial charge >= 0.3 is 0 Å². The van der Waals surface area contributed by atoms with Crippen LogP contribution in [0, 0.1) is 0 Å². The third-order valence-corrected chi connectivity index (χ3v) is 7.75. The molecule has 0 saturated heterocycles. The van der Waals surface area contributed by atoms with Crippen LogP contribution in [0.5, 0.6) is 0 Å². The first-order valence-electron chi connectivity index (χ1n) is 14.2. The van der Waals surface area contributed by atoms with Gasteiger partial charge in [0.2, 0.25) is 0 Å². The molecule has 0 aliphatic rings. The van der Waals surface area contributed by atoms with Crippen LogP contribution >= 0.6 is 0 Å². The molecule has 5 nitrogen and oxygen atoms in total. The van der Waals surface area contributed by atoms with Crippen LogP contribution in [0.1, 0.15) is 136 Å². The standard InChI is InChI=1S/C27H57NO4S/c1-4-7-10-13-16-19-22-28(23-20-17-14-11-8-5-2,24-21-18-15-12-9-6-3)25-27(29)26-33(30,31)32/h27,29H,4-26H2,1-3H3. The van der Waals surface area contributed by atoms with Gasteiger partial charge in [-0.1, -0.05) is 97.8 Å². The van der Waals surface area contributed by atoms with Crippen molar-refractivity contribution in [3.8, 4) is 0 Å². The van der Waals surface area contributed by atoms with Crippen molar-refractivity contribution in [2.45, 2.75) is 142 Å². The molecule has 0 aliphatic heterocycles. The third-order valence-electron chi connectivity index (χ3n) is 6.95. The predicted octanol–water partition coefficient (Wildman–Crippen LogP) is 6.79. The van der Waals surface area contributed by atoms with Crippen LogP contribution in [0.4, 0.5) is 0 Å². The Hall–Kier alpha value is -0.170. The minimum atomic E-state index is -4.41. The normalized spacial score (nSPS) is 13.5. The van der Waals surface area contributed by atoms with Crippen LogP contribution in [-0.2, 0) is 10.1 Å². The van der Waals surface area contributed by atoms with Crippen LogP contribution < -0.4 is 0 Å². The molecule has 1 atom stereocenters. The number of quaternary nitrogens is 1. The molecule has 0 amide bonds. The molecule has 33 heavy (non-hydrogen) atoms. The minimum absolute atomic E-state index is 0.403. The Balaban J connectivity index is 5.06. The number of hydrogen-bond acceptors (Lipinski definition) is 4. The van der Waals surface area contributed by atoms with Crippen LogP contribution in [0.25, 0.3) is 0 Å². The lowest BCUT2D eigenvalue weighted by molar-refractivity contribution is -0.931. The summed E-state index contributed by atoms with van der Waals surface area (Å²) in [5, 5.41) is 10.5.